The number of aromatic nitrogens is 1. The molecule has 2 heterocycles. The van der Waals surface area contributed by atoms with Crippen LogP contribution < -0.4 is 11.1 Å². The van der Waals surface area contributed by atoms with Gasteiger partial charge in [-0.25, -0.2) is 0 Å². The normalized spacial score (nSPS) is 12.5. The SMILES string of the molecule is CC(Nc1ccc(N)c2cccnc12)c1ccsc1. The largest absolute Gasteiger partial charge is 0.398 e. The number of benzene rings is 1. The van der Waals surface area contributed by atoms with E-state index < -0.39 is 0 Å². The molecule has 96 valence electrons. The number of hydrogen-bond donors (Lipinski definition) is 2. The lowest BCUT2D eigenvalue weighted by atomic mass is 10.1. The summed E-state index contributed by atoms with van der Waals surface area (Å²) < 4.78 is 0. The highest BCUT2D eigenvalue weighted by Crippen LogP contribution is 2.29. The minimum absolute atomic E-state index is 0.250. The fourth-order valence-electron chi connectivity index (χ4n) is 2.15. The molecule has 3 rings (SSSR count). The van der Waals surface area contributed by atoms with Gasteiger partial charge in [-0.05, 0) is 53.6 Å². The predicted octanol–water partition coefficient (Wildman–Crippen LogP) is 4.05. The zero-order valence-electron chi connectivity index (χ0n) is 10.6. The third kappa shape index (κ3) is 2.27. The second-order valence-electron chi connectivity index (χ2n) is 4.52. The van der Waals surface area contributed by atoms with Crippen LogP contribution in [0.3, 0.4) is 0 Å². The van der Waals surface area contributed by atoms with Gasteiger partial charge in [-0.15, -0.1) is 0 Å². The van der Waals surface area contributed by atoms with Gasteiger partial charge in [-0.1, -0.05) is 0 Å². The number of nitrogen functional groups attached to an aromatic ring is 1. The number of thiophene rings is 1. The van der Waals surface area contributed by atoms with Gasteiger partial charge in [0.1, 0.15) is 0 Å². The van der Waals surface area contributed by atoms with Crippen molar-refractivity contribution in [2.24, 2.45) is 0 Å². The molecule has 0 spiro atoms. The molecule has 0 saturated carbocycles. The zero-order chi connectivity index (χ0) is 13.2. The molecule has 0 bridgehead atoms. The van der Waals surface area contributed by atoms with Crippen molar-refractivity contribution in [2.75, 3.05) is 11.1 Å². The molecule has 0 fully saturated rings. The molecule has 1 unspecified atom stereocenters. The Morgan fingerprint density at radius 2 is 2.16 bits per heavy atom. The molecule has 1 aromatic carbocycles. The Kier molecular flexibility index (Phi) is 3.09. The average Bonchev–Trinajstić information content (AvgIpc) is 2.96. The van der Waals surface area contributed by atoms with Crippen LogP contribution in [0.1, 0.15) is 18.5 Å². The molecule has 3 aromatic rings. The van der Waals surface area contributed by atoms with Crippen molar-refractivity contribution in [1.29, 1.82) is 0 Å². The van der Waals surface area contributed by atoms with Gasteiger partial charge < -0.3 is 11.1 Å². The van der Waals surface area contributed by atoms with E-state index in [0.717, 1.165) is 22.3 Å². The first kappa shape index (κ1) is 12.0. The van der Waals surface area contributed by atoms with Gasteiger partial charge in [0, 0.05) is 23.3 Å². The van der Waals surface area contributed by atoms with Crippen LogP contribution in [-0.2, 0) is 0 Å². The summed E-state index contributed by atoms with van der Waals surface area (Å²) >= 11 is 1.71. The molecule has 2 aromatic heterocycles. The fraction of sp³-hybridized carbons (Fsp3) is 0.133. The van der Waals surface area contributed by atoms with E-state index in [0.29, 0.717) is 0 Å². The van der Waals surface area contributed by atoms with Crippen LogP contribution in [0.2, 0.25) is 0 Å². The third-order valence-corrected chi connectivity index (χ3v) is 3.92. The van der Waals surface area contributed by atoms with Crippen molar-refractivity contribution in [3.63, 3.8) is 0 Å². The minimum Gasteiger partial charge on any atom is -0.398 e. The van der Waals surface area contributed by atoms with Crippen LogP contribution in [0.5, 0.6) is 0 Å². The van der Waals surface area contributed by atoms with Gasteiger partial charge in [-0.2, -0.15) is 11.3 Å². The maximum atomic E-state index is 5.98. The van der Waals surface area contributed by atoms with E-state index in [1.807, 2.05) is 24.3 Å². The number of hydrogen-bond acceptors (Lipinski definition) is 4. The summed E-state index contributed by atoms with van der Waals surface area (Å²) in [5, 5.41) is 8.74. The molecule has 0 radical (unpaired) electrons. The van der Waals surface area contributed by atoms with Gasteiger partial charge in [0.05, 0.1) is 11.2 Å². The van der Waals surface area contributed by atoms with E-state index in [1.54, 1.807) is 17.5 Å². The maximum Gasteiger partial charge on any atom is 0.0954 e. The first-order chi connectivity index (χ1) is 9.25. The first-order valence-electron chi connectivity index (χ1n) is 6.17. The third-order valence-electron chi connectivity index (χ3n) is 3.22. The molecular weight excluding hydrogens is 254 g/mol. The number of nitrogens with zero attached hydrogens (tertiary/aromatic N) is 1. The van der Waals surface area contributed by atoms with Crippen molar-refractivity contribution in [2.45, 2.75) is 13.0 Å². The summed E-state index contributed by atoms with van der Waals surface area (Å²) in [6.45, 7) is 2.15. The Balaban J connectivity index is 2.00. The lowest BCUT2D eigenvalue weighted by Gasteiger charge is -2.16. The Hall–Kier alpha value is -2.07. The van der Waals surface area contributed by atoms with Crippen molar-refractivity contribution >= 4 is 33.6 Å². The standard InChI is InChI=1S/C15H15N3S/c1-10(11-6-8-19-9-11)18-14-5-4-13(16)12-3-2-7-17-15(12)14/h2-10,18H,16H2,1H3. The molecule has 0 amide bonds. The van der Waals surface area contributed by atoms with Crippen molar-refractivity contribution in [3.05, 3.63) is 52.9 Å². The summed E-state index contributed by atoms with van der Waals surface area (Å²) in [6, 6.07) is 10.2. The predicted molar refractivity (Wildman–Crippen MR) is 82.5 cm³/mol. The van der Waals surface area contributed by atoms with E-state index >= 15 is 0 Å². The number of anilines is 2. The van der Waals surface area contributed by atoms with Gasteiger partial charge in [-0.3, -0.25) is 4.98 Å². The highest BCUT2D eigenvalue weighted by molar-refractivity contribution is 7.08. The topological polar surface area (TPSA) is 50.9 Å². The van der Waals surface area contributed by atoms with E-state index in [-0.39, 0.29) is 6.04 Å². The summed E-state index contributed by atoms with van der Waals surface area (Å²) in [4.78, 5) is 4.44. The van der Waals surface area contributed by atoms with Crippen molar-refractivity contribution < 1.29 is 0 Å². The molecule has 0 aliphatic heterocycles. The number of nitrogens with two attached hydrogens (primary N) is 1. The molecule has 0 saturated heterocycles. The van der Waals surface area contributed by atoms with Crippen molar-refractivity contribution in [1.82, 2.24) is 4.98 Å². The molecule has 0 aliphatic carbocycles. The minimum atomic E-state index is 0.250. The lowest BCUT2D eigenvalue weighted by molar-refractivity contribution is 0.892. The Morgan fingerprint density at radius 1 is 1.26 bits per heavy atom. The summed E-state index contributed by atoms with van der Waals surface area (Å²) in [5.41, 5.74) is 9.97. The average molecular weight is 269 g/mol. The van der Waals surface area contributed by atoms with Gasteiger partial charge in [0.2, 0.25) is 0 Å². The van der Waals surface area contributed by atoms with Crippen LogP contribution in [0.25, 0.3) is 10.9 Å². The molecule has 19 heavy (non-hydrogen) atoms. The Bertz CT molecular complexity index is 692. The Morgan fingerprint density at radius 3 is 2.95 bits per heavy atom. The molecule has 3 N–H and O–H groups in total. The van der Waals surface area contributed by atoms with Gasteiger partial charge >= 0.3 is 0 Å². The molecule has 0 aliphatic rings. The van der Waals surface area contributed by atoms with Crippen LogP contribution in [0.4, 0.5) is 11.4 Å². The maximum absolute atomic E-state index is 5.98. The van der Waals surface area contributed by atoms with Crippen molar-refractivity contribution in [3.8, 4) is 0 Å². The fourth-order valence-corrected chi connectivity index (χ4v) is 2.90. The van der Waals surface area contributed by atoms with Crippen LogP contribution >= 0.6 is 11.3 Å². The molecular formula is C15H15N3S. The van der Waals surface area contributed by atoms with Crippen LogP contribution in [0, 0.1) is 0 Å². The van der Waals surface area contributed by atoms with E-state index in [1.165, 1.54) is 5.56 Å². The van der Waals surface area contributed by atoms with Crippen LogP contribution in [-0.4, -0.2) is 4.98 Å². The molecule has 1 atom stereocenters. The number of nitrogens with one attached hydrogen (secondary N) is 1. The quantitative estimate of drug-likeness (QED) is 0.705. The first-order valence-corrected chi connectivity index (χ1v) is 7.12. The highest BCUT2D eigenvalue weighted by atomic mass is 32.1. The summed E-state index contributed by atoms with van der Waals surface area (Å²) in [6.07, 6.45) is 1.79. The van der Waals surface area contributed by atoms with Gasteiger partial charge in [0.15, 0.2) is 0 Å². The highest BCUT2D eigenvalue weighted by Gasteiger charge is 2.09. The summed E-state index contributed by atoms with van der Waals surface area (Å²) in [5.74, 6) is 0. The van der Waals surface area contributed by atoms with Crippen LogP contribution in [0.15, 0.2) is 47.3 Å². The number of pyridine rings is 1. The molecule has 3 nitrogen and oxygen atoms in total. The second-order valence-corrected chi connectivity index (χ2v) is 5.30. The second kappa shape index (κ2) is 4.90. The molecule has 4 heteroatoms. The van der Waals surface area contributed by atoms with Gasteiger partial charge in [0.25, 0.3) is 0 Å². The summed E-state index contributed by atoms with van der Waals surface area (Å²) in [7, 11) is 0. The van der Waals surface area contributed by atoms with E-state index in [4.69, 9.17) is 5.73 Å². The zero-order valence-corrected chi connectivity index (χ0v) is 11.4. The monoisotopic (exact) mass is 269 g/mol. The Labute approximate surface area is 116 Å². The number of fused-ring (bicyclic) bond motifs is 1. The number of rotatable bonds is 3. The smallest absolute Gasteiger partial charge is 0.0954 e. The van der Waals surface area contributed by atoms with E-state index in [9.17, 15) is 0 Å². The lowest BCUT2D eigenvalue weighted by Crippen LogP contribution is -2.06. The van der Waals surface area contributed by atoms with E-state index in [2.05, 4.69) is 34.1 Å².